The first-order chi connectivity index (χ1) is 16.9. The minimum Gasteiger partial charge on any atom is -0.482 e. The molecule has 0 amide bonds. The van der Waals surface area contributed by atoms with Gasteiger partial charge in [-0.05, 0) is 78.1 Å². The van der Waals surface area contributed by atoms with Crippen molar-refractivity contribution in [2.24, 2.45) is 0 Å². The third-order valence-corrected chi connectivity index (χ3v) is 5.16. The second-order valence-electron chi connectivity index (χ2n) is 7.72. The van der Waals surface area contributed by atoms with Crippen molar-refractivity contribution < 1.29 is 28.9 Å². The normalized spacial score (nSPS) is 12.0. The topological polar surface area (TPSA) is 108 Å². The summed E-state index contributed by atoms with van der Waals surface area (Å²) in [5, 5.41) is 9.25. The van der Waals surface area contributed by atoms with E-state index in [0.717, 1.165) is 22.3 Å². The van der Waals surface area contributed by atoms with Crippen LogP contribution >= 0.6 is 0 Å². The van der Waals surface area contributed by atoms with Gasteiger partial charge in [-0.15, -0.1) is 0 Å². The van der Waals surface area contributed by atoms with Gasteiger partial charge in [0.1, 0.15) is 11.5 Å². The highest BCUT2D eigenvalue weighted by Gasteiger charge is 2.17. The van der Waals surface area contributed by atoms with Crippen LogP contribution in [0.1, 0.15) is 37.0 Å². The van der Waals surface area contributed by atoms with E-state index in [1.54, 1.807) is 38.1 Å². The maximum Gasteiger partial charge on any atom is 0.344 e. The van der Waals surface area contributed by atoms with E-state index in [1.807, 2.05) is 54.6 Å². The highest BCUT2D eigenvalue weighted by molar-refractivity contribution is 5.91. The summed E-state index contributed by atoms with van der Waals surface area (Å²) in [7, 11) is 0. The summed E-state index contributed by atoms with van der Waals surface area (Å²) in [6, 6.07) is 22.2. The van der Waals surface area contributed by atoms with Crippen molar-refractivity contribution >= 4 is 29.3 Å². The summed E-state index contributed by atoms with van der Waals surface area (Å²) in [6.07, 6.45) is 1.51. The lowest BCUT2D eigenvalue weighted by molar-refractivity contribution is -0.146. The number of carbonyl (C=O) groups is 2. The maximum atomic E-state index is 11.5. The molecule has 35 heavy (non-hydrogen) atoms. The monoisotopic (exact) mass is 475 g/mol. The van der Waals surface area contributed by atoms with Crippen LogP contribution in [0, 0.1) is 0 Å². The number of carbonyl (C=O) groups excluding carboxylic acids is 1. The van der Waals surface area contributed by atoms with Crippen LogP contribution in [0.25, 0.3) is 11.6 Å². The Bertz CT molecular complexity index is 1150. The molecule has 1 atom stereocenters. The largest absolute Gasteiger partial charge is 0.482 e. The molecule has 0 saturated heterocycles. The molecule has 3 aromatic rings. The van der Waals surface area contributed by atoms with Gasteiger partial charge in [0.15, 0.2) is 12.7 Å². The number of benzene rings is 3. The van der Waals surface area contributed by atoms with Crippen LogP contribution in [0.15, 0.2) is 72.8 Å². The second kappa shape index (κ2) is 12.3. The molecule has 7 heteroatoms. The molecule has 3 aromatic carbocycles. The second-order valence-corrected chi connectivity index (χ2v) is 7.72. The molecule has 0 aliphatic heterocycles. The molecular weight excluding hydrogens is 446 g/mol. The average molecular weight is 476 g/mol. The molecule has 182 valence electrons. The Hall–Kier alpha value is -4.26. The van der Waals surface area contributed by atoms with E-state index in [-0.39, 0.29) is 6.61 Å². The highest BCUT2D eigenvalue weighted by atomic mass is 16.6. The van der Waals surface area contributed by atoms with Crippen molar-refractivity contribution in [3.63, 3.8) is 0 Å². The Labute approximate surface area is 204 Å². The Morgan fingerprint density at radius 3 is 1.97 bits per heavy atom. The number of nitrogens with two attached hydrogens (primary N) is 1. The van der Waals surface area contributed by atoms with Gasteiger partial charge in [-0.1, -0.05) is 43.3 Å². The van der Waals surface area contributed by atoms with Crippen LogP contribution in [-0.4, -0.2) is 36.4 Å². The summed E-state index contributed by atoms with van der Waals surface area (Å²) in [5.41, 5.74) is 10.3. The van der Waals surface area contributed by atoms with Gasteiger partial charge < -0.3 is 25.1 Å². The number of ether oxygens (including phenoxy) is 3. The minimum absolute atomic E-state index is 0.155. The fourth-order valence-electron chi connectivity index (χ4n) is 3.35. The summed E-state index contributed by atoms with van der Waals surface area (Å²) < 4.78 is 16.0. The molecule has 3 N–H and O–H groups in total. The molecule has 0 aromatic heterocycles. The number of aliphatic carboxylic acids is 1. The SMILES string of the molecule is CCOC(=O)COc1ccc(C(=Cc2ccc(N)cc2)c2ccc(OC(CC)C(=O)O)cc2)cc1. The van der Waals surface area contributed by atoms with Gasteiger partial charge in [0.2, 0.25) is 0 Å². The molecule has 0 aliphatic rings. The molecule has 0 heterocycles. The zero-order valence-corrected chi connectivity index (χ0v) is 19.8. The van der Waals surface area contributed by atoms with Gasteiger partial charge in [-0.2, -0.15) is 0 Å². The summed E-state index contributed by atoms with van der Waals surface area (Å²) in [4.78, 5) is 22.8. The third kappa shape index (κ3) is 7.37. The molecule has 0 spiro atoms. The van der Waals surface area contributed by atoms with E-state index in [4.69, 9.17) is 19.9 Å². The van der Waals surface area contributed by atoms with Crippen LogP contribution in [0.5, 0.6) is 11.5 Å². The van der Waals surface area contributed by atoms with E-state index in [2.05, 4.69) is 0 Å². The number of carboxylic acid groups (broad SMARTS) is 1. The van der Waals surface area contributed by atoms with Crippen molar-refractivity contribution in [2.75, 3.05) is 18.9 Å². The number of hydrogen-bond acceptors (Lipinski definition) is 6. The van der Waals surface area contributed by atoms with Gasteiger partial charge in [0.25, 0.3) is 0 Å². The van der Waals surface area contributed by atoms with Crippen molar-refractivity contribution in [3.8, 4) is 11.5 Å². The van der Waals surface area contributed by atoms with Crippen LogP contribution in [0.3, 0.4) is 0 Å². The number of anilines is 1. The molecule has 0 aliphatic carbocycles. The van der Waals surface area contributed by atoms with Gasteiger partial charge in [-0.3, -0.25) is 0 Å². The number of rotatable bonds is 11. The van der Waals surface area contributed by atoms with Crippen molar-refractivity contribution in [2.45, 2.75) is 26.4 Å². The van der Waals surface area contributed by atoms with E-state index in [9.17, 15) is 14.7 Å². The number of esters is 1. The lowest BCUT2D eigenvalue weighted by Gasteiger charge is -2.15. The molecule has 0 fully saturated rings. The van der Waals surface area contributed by atoms with Crippen molar-refractivity contribution in [1.29, 1.82) is 0 Å². The Morgan fingerprint density at radius 2 is 1.46 bits per heavy atom. The molecule has 0 radical (unpaired) electrons. The van der Waals surface area contributed by atoms with Crippen molar-refractivity contribution in [3.05, 3.63) is 89.5 Å². The van der Waals surface area contributed by atoms with Crippen molar-refractivity contribution in [1.82, 2.24) is 0 Å². The molecule has 7 nitrogen and oxygen atoms in total. The Morgan fingerprint density at radius 1 is 0.886 bits per heavy atom. The molecule has 0 saturated carbocycles. The summed E-state index contributed by atoms with van der Waals surface area (Å²) in [5.74, 6) is -0.379. The van der Waals surface area contributed by atoms with Gasteiger partial charge >= 0.3 is 11.9 Å². The smallest absolute Gasteiger partial charge is 0.344 e. The standard InChI is InChI=1S/C28H29NO6/c1-3-26(28(31)32)35-24-15-9-21(10-16-24)25(17-19-5-11-22(29)12-6-19)20-7-13-23(14-8-20)34-18-27(30)33-4-2/h5-17,26H,3-4,18,29H2,1-2H3,(H,31,32). The third-order valence-electron chi connectivity index (χ3n) is 5.16. The van der Waals surface area contributed by atoms with E-state index in [1.165, 1.54) is 0 Å². The first-order valence-corrected chi connectivity index (χ1v) is 11.4. The highest BCUT2D eigenvalue weighted by Crippen LogP contribution is 2.29. The predicted molar refractivity (Wildman–Crippen MR) is 135 cm³/mol. The maximum absolute atomic E-state index is 11.5. The lowest BCUT2D eigenvalue weighted by Crippen LogP contribution is -2.25. The van der Waals surface area contributed by atoms with Crippen LogP contribution in [-0.2, 0) is 14.3 Å². The van der Waals surface area contributed by atoms with Crippen LogP contribution in [0.4, 0.5) is 5.69 Å². The fourth-order valence-corrected chi connectivity index (χ4v) is 3.35. The van der Waals surface area contributed by atoms with E-state index >= 15 is 0 Å². The van der Waals surface area contributed by atoms with Gasteiger partial charge in [0, 0.05) is 5.69 Å². The zero-order chi connectivity index (χ0) is 25.2. The number of hydrogen-bond donors (Lipinski definition) is 2. The van der Waals surface area contributed by atoms with Gasteiger partial charge in [-0.25, -0.2) is 9.59 Å². The van der Waals surface area contributed by atoms with E-state index in [0.29, 0.717) is 30.2 Å². The number of carboxylic acids is 1. The summed E-state index contributed by atoms with van der Waals surface area (Å²) >= 11 is 0. The fraction of sp³-hybridized carbons (Fsp3) is 0.214. The summed E-state index contributed by atoms with van der Waals surface area (Å²) in [6.45, 7) is 3.66. The lowest BCUT2D eigenvalue weighted by atomic mass is 9.95. The number of nitrogen functional groups attached to an aromatic ring is 1. The average Bonchev–Trinajstić information content (AvgIpc) is 2.86. The minimum atomic E-state index is -0.995. The first kappa shape index (κ1) is 25.4. The molecule has 3 rings (SSSR count). The molecule has 1 unspecified atom stereocenters. The zero-order valence-electron chi connectivity index (χ0n) is 19.8. The van der Waals surface area contributed by atoms with Crippen LogP contribution in [0.2, 0.25) is 0 Å². The Balaban J connectivity index is 1.88. The Kier molecular flexibility index (Phi) is 8.89. The molecular formula is C28H29NO6. The predicted octanol–water partition coefficient (Wildman–Crippen LogP) is 5.04. The van der Waals surface area contributed by atoms with Crippen LogP contribution < -0.4 is 15.2 Å². The van der Waals surface area contributed by atoms with E-state index < -0.39 is 18.0 Å². The first-order valence-electron chi connectivity index (χ1n) is 11.4. The quantitative estimate of drug-likeness (QED) is 0.227. The molecule has 0 bridgehead atoms. The van der Waals surface area contributed by atoms with Gasteiger partial charge in [0.05, 0.1) is 6.61 Å².